The highest BCUT2D eigenvalue weighted by Crippen LogP contribution is 2.28. The van der Waals surface area contributed by atoms with Crippen molar-refractivity contribution in [2.45, 2.75) is 38.6 Å². The molecule has 0 heterocycles. The zero-order chi connectivity index (χ0) is 15.1. The Kier molecular flexibility index (Phi) is 5.83. The molecule has 1 aliphatic carbocycles. The average Bonchev–Trinajstić information content (AvgIpc) is 2.98. The fraction of sp³-hybridized carbons (Fsp3) is 0.500. The Hall–Kier alpha value is -1.79. The number of nitrogens with zero attached hydrogens (tertiary/aromatic N) is 1. The zero-order valence-electron chi connectivity index (χ0n) is 12.6. The van der Waals surface area contributed by atoms with Crippen LogP contribution in [0.3, 0.4) is 0 Å². The maximum atomic E-state index is 12.2. The lowest BCUT2D eigenvalue weighted by atomic mass is 10.0. The van der Waals surface area contributed by atoms with E-state index in [0.717, 1.165) is 11.1 Å². The summed E-state index contributed by atoms with van der Waals surface area (Å²) in [6, 6.07) is 7.82. The predicted octanol–water partition coefficient (Wildman–Crippen LogP) is 2.57. The first kappa shape index (κ1) is 15.6. The molecule has 21 heavy (non-hydrogen) atoms. The van der Waals surface area contributed by atoms with Crippen molar-refractivity contribution in [2.24, 2.45) is 5.92 Å². The molecular formula is C18H23NO2. The SMILES string of the molecule is CN(Cc1cccc(C#CCO)c1)C(=O)CC1CCCC1. The number of amides is 1. The average molecular weight is 285 g/mol. The van der Waals surface area contributed by atoms with E-state index in [2.05, 4.69) is 11.8 Å². The van der Waals surface area contributed by atoms with Crippen LogP contribution >= 0.6 is 0 Å². The second kappa shape index (κ2) is 7.85. The molecule has 1 aliphatic rings. The fourth-order valence-electron chi connectivity index (χ4n) is 2.87. The van der Waals surface area contributed by atoms with Crippen LogP contribution in [0.25, 0.3) is 0 Å². The van der Waals surface area contributed by atoms with E-state index in [4.69, 9.17) is 5.11 Å². The maximum absolute atomic E-state index is 12.2. The lowest BCUT2D eigenvalue weighted by Crippen LogP contribution is -2.27. The number of aliphatic hydroxyl groups excluding tert-OH is 1. The lowest BCUT2D eigenvalue weighted by molar-refractivity contribution is -0.131. The van der Waals surface area contributed by atoms with E-state index in [1.54, 1.807) is 4.90 Å². The van der Waals surface area contributed by atoms with Crippen molar-refractivity contribution in [3.05, 3.63) is 35.4 Å². The topological polar surface area (TPSA) is 40.5 Å². The van der Waals surface area contributed by atoms with Gasteiger partial charge in [0.1, 0.15) is 6.61 Å². The quantitative estimate of drug-likeness (QED) is 0.864. The highest BCUT2D eigenvalue weighted by molar-refractivity contribution is 5.76. The summed E-state index contributed by atoms with van der Waals surface area (Å²) in [5.41, 5.74) is 1.94. The highest BCUT2D eigenvalue weighted by Gasteiger charge is 2.20. The van der Waals surface area contributed by atoms with Crippen LogP contribution in [0.4, 0.5) is 0 Å². The summed E-state index contributed by atoms with van der Waals surface area (Å²) in [6.45, 7) is 0.476. The second-order valence-electron chi connectivity index (χ2n) is 5.76. The molecule has 3 nitrogen and oxygen atoms in total. The largest absolute Gasteiger partial charge is 0.384 e. The van der Waals surface area contributed by atoms with Crippen molar-refractivity contribution < 1.29 is 9.90 Å². The summed E-state index contributed by atoms with van der Waals surface area (Å²) in [6.07, 6.45) is 5.62. The van der Waals surface area contributed by atoms with Gasteiger partial charge in [0.25, 0.3) is 0 Å². The number of carbonyl (C=O) groups is 1. The Balaban J connectivity index is 1.91. The molecule has 1 saturated carbocycles. The van der Waals surface area contributed by atoms with E-state index >= 15 is 0 Å². The van der Waals surface area contributed by atoms with Crippen molar-refractivity contribution in [3.63, 3.8) is 0 Å². The highest BCUT2D eigenvalue weighted by atomic mass is 16.2. The standard InChI is InChI=1S/C18H23NO2/c1-19(18(21)13-16-6-2-3-7-16)14-17-9-4-8-15(12-17)10-5-11-20/h4,8-9,12,16,20H,2-3,6-7,11,13-14H2,1H3. The van der Waals surface area contributed by atoms with E-state index in [9.17, 15) is 4.79 Å². The summed E-state index contributed by atoms with van der Waals surface area (Å²) < 4.78 is 0. The maximum Gasteiger partial charge on any atom is 0.222 e. The van der Waals surface area contributed by atoms with Gasteiger partial charge in [-0.15, -0.1) is 0 Å². The lowest BCUT2D eigenvalue weighted by Gasteiger charge is -2.19. The van der Waals surface area contributed by atoms with E-state index in [0.29, 0.717) is 18.9 Å². The molecule has 0 atom stereocenters. The third-order valence-corrected chi connectivity index (χ3v) is 4.02. The van der Waals surface area contributed by atoms with Crippen LogP contribution in [0.2, 0.25) is 0 Å². The van der Waals surface area contributed by atoms with Gasteiger partial charge in [0, 0.05) is 25.6 Å². The summed E-state index contributed by atoms with van der Waals surface area (Å²) in [5, 5.41) is 8.72. The van der Waals surface area contributed by atoms with E-state index in [-0.39, 0.29) is 12.5 Å². The minimum absolute atomic E-state index is 0.135. The molecule has 1 fully saturated rings. The fourth-order valence-corrected chi connectivity index (χ4v) is 2.87. The van der Waals surface area contributed by atoms with Crippen LogP contribution in [-0.4, -0.2) is 29.6 Å². The third kappa shape index (κ3) is 4.91. The first-order chi connectivity index (χ1) is 10.2. The van der Waals surface area contributed by atoms with Gasteiger partial charge in [-0.25, -0.2) is 0 Å². The number of rotatable bonds is 4. The number of carbonyl (C=O) groups excluding carboxylic acids is 1. The molecule has 0 bridgehead atoms. The van der Waals surface area contributed by atoms with Crippen molar-refractivity contribution >= 4 is 5.91 Å². The Morgan fingerprint density at radius 3 is 2.86 bits per heavy atom. The van der Waals surface area contributed by atoms with Crippen LogP contribution in [0.15, 0.2) is 24.3 Å². The zero-order valence-corrected chi connectivity index (χ0v) is 12.6. The summed E-state index contributed by atoms with van der Waals surface area (Å²) >= 11 is 0. The van der Waals surface area contributed by atoms with Crippen molar-refractivity contribution in [2.75, 3.05) is 13.7 Å². The van der Waals surface area contributed by atoms with Crippen LogP contribution < -0.4 is 0 Å². The first-order valence-corrected chi connectivity index (χ1v) is 7.61. The number of hydrogen-bond acceptors (Lipinski definition) is 2. The molecule has 1 amide bonds. The third-order valence-electron chi connectivity index (χ3n) is 4.02. The Morgan fingerprint density at radius 2 is 2.14 bits per heavy atom. The van der Waals surface area contributed by atoms with Gasteiger partial charge in [0.15, 0.2) is 0 Å². The van der Waals surface area contributed by atoms with Crippen LogP contribution in [0, 0.1) is 17.8 Å². The minimum Gasteiger partial charge on any atom is -0.384 e. The normalized spacial score (nSPS) is 14.6. The van der Waals surface area contributed by atoms with Crippen molar-refractivity contribution in [3.8, 4) is 11.8 Å². The predicted molar refractivity (Wildman–Crippen MR) is 83.5 cm³/mol. The summed E-state index contributed by atoms with van der Waals surface area (Å²) in [5.74, 6) is 6.35. The smallest absolute Gasteiger partial charge is 0.222 e. The molecule has 1 aromatic rings. The van der Waals surface area contributed by atoms with E-state index in [1.807, 2.05) is 31.3 Å². The Morgan fingerprint density at radius 1 is 1.38 bits per heavy atom. The van der Waals surface area contributed by atoms with Gasteiger partial charge in [-0.2, -0.15) is 0 Å². The van der Waals surface area contributed by atoms with Gasteiger partial charge in [0.05, 0.1) is 0 Å². The molecule has 0 unspecified atom stereocenters. The summed E-state index contributed by atoms with van der Waals surface area (Å²) in [4.78, 5) is 14.0. The van der Waals surface area contributed by atoms with Crippen molar-refractivity contribution in [1.82, 2.24) is 4.90 Å². The van der Waals surface area contributed by atoms with Crippen molar-refractivity contribution in [1.29, 1.82) is 0 Å². The first-order valence-electron chi connectivity index (χ1n) is 7.61. The molecule has 1 aromatic carbocycles. The Bertz CT molecular complexity index is 536. The molecule has 0 aromatic heterocycles. The number of benzene rings is 1. The molecule has 0 saturated heterocycles. The van der Waals surface area contributed by atoms with Gasteiger partial charge < -0.3 is 10.0 Å². The van der Waals surface area contributed by atoms with E-state index < -0.39 is 0 Å². The van der Waals surface area contributed by atoms with Gasteiger partial charge in [-0.1, -0.05) is 36.8 Å². The summed E-state index contributed by atoms with van der Waals surface area (Å²) in [7, 11) is 1.86. The van der Waals surface area contributed by atoms with Crippen LogP contribution in [-0.2, 0) is 11.3 Å². The Labute approximate surface area is 127 Å². The molecule has 2 rings (SSSR count). The molecule has 1 N–H and O–H groups in total. The molecular weight excluding hydrogens is 262 g/mol. The van der Waals surface area contributed by atoms with Gasteiger partial charge in [-0.3, -0.25) is 4.79 Å². The van der Waals surface area contributed by atoms with Gasteiger partial charge in [-0.05, 0) is 36.5 Å². The molecule has 0 spiro atoms. The minimum atomic E-state index is -0.135. The molecule has 112 valence electrons. The van der Waals surface area contributed by atoms with Gasteiger partial charge in [0.2, 0.25) is 5.91 Å². The van der Waals surface area contributed by atoms with Crippen LogP contribution in [0.1, 0.15) is 43.2 Å². The molecule has 0 radical (unpaired) electrons. The van der Waals surface area contributed by atoms with E-state index in [1.165, 1.54) is 25.7 Å². The number of aliphatic hydroxyl groups is 1. The second-order valence-corrected chi connectivity index (χ2v) is 5.76. The van der Waals surface area contributed by atoms with Crippen LogP contribution in [0.5, 0.6) is 0 Å². The molecule has 0 aliphatic heterocycles. The van der Waals surface area contributed by atoms with Gasteiger partial charge >= 0.3 is 0 Å². The monoisotopic (exact) mass is 285 g/mol. The molecule has 3 heteroatoms. The number of hydrogen-bond donors (Lipinski definition) is 1.